The van der Waals surface area contributed by atoms with Crippen molar-refractivity contribution >= 4 is 32.3 Å². The molecular formula is C45H29N3. The van der Waals surface area contributed by atoms with Gasteiger partial charge in [0.25, 0.3) is 0 Å². The molecule has 1 aromatic heterocycles. The monoisotopic (exact) mass is 611 g/mol. The lowest BCUT2D eigenvalue weighted by molar-refractivity contribution is 1.08. The van der Waals surface area contributed by atoms with E-state index in [1.54, 1.807) is 0 Å². The molecule has 3 heteroatoms. The van der Waals surface area contributed by atoms with Gasteiger partial charge in [-0.3, -0.25) is 0 Å². The molecule has 9 aromatic rings. The fourth-order valence-electron chi connectivity index (χ4n) is 6.58. The molecule has 0 spiro atoms. The van der Waals surface area contributed by atoms with Gasteiger partial charge in [-0.25, -0.2) is 15.0 Å². The molecule has 8 aromatic carbocycles. The maximum Gasteiger partial charge on any atom is 0.164 e. The molecule has 9 rings (SSSR count). The standard InChI is InChI=1S/C45H29N3/c1-3-10-30(11-4-1)34-19-20-36-28-39(23-21-35(36)26-34)44-46-43(38-22-18-31-12-7-8-15-33(31)27-38)47-45(48-44)40-24-25-42-37(29-40)16-9-17-41(42)32-13-5-2-6-14-32/h1-29H. The zero-order valence-electron chi connectivity index (χ0n) is 26.1. The van der Waals surface area contributed by atoms with Gasteiger partial charge in [0, 0.05) is 16.7 Å². The summed E-state index contributed by atoms with van der Waals surface area (Å²) in [7, 11) is 0. The molecular weight excluding hydrogens is 583 g/mol. The Bertz CT molecular complexity index is 2610. The van der Waals surface area contributed by atoms with Gasteiger partial charge < -0.3 is 0 Å². The third-order valence-electron chi connectivity index (χ3n) is 9.07. The van der Waals surface area contributed by atoms with Crippen LogP contribution in [0.2, 0.25) is 0 Å². The van der Waals surface area contributed by atoms with Gasteiger partial charge in [-0.15, -0.1) is 0 Å². The minimum Gasteiger partial charge on any atom is -0.208 e. The van der Waals surface area contributed by atoms with E-state index in [-0.39, 0.29) is 0 Å². The summed E-state index contributed by atoms with van der Waals surface area (Å²) in [5.41, 5.74) is 7.67. The first kappa shape index (κ1) is 27.8. The van der Waals surface area contributed by atoms with Crippen molar-refractivity contribution in [3.05, 3.63) is 176 Å². The normalized spacial score (nSPS) is 11.3. The Morgan fingerprint density at radius 2 is 0.688 bits per heavy atom. The topological polar surface area (TPSA) is 38.7 Å². The fourth-order valence-corrected chi connectivity index (χ4v) is 6.58. The molecule has 0 aliphatic rings. The number of benzene rings is 8. The second-order valence-corrected chi connectivity index (χ2v) is 12.1. The number of aromatic nitrogens is 3. The quantitative estimate of drug-likeness (QED) is 0.194. The summed E-state index contributed by atoms with van der Waals surface area (Å²) < 4.78 is 0. The molecule has 224 valence electrons. The first-order valence-corrected chi connectivity index (χ1v) is 16.2. The van der Waals surface area contributed by atoms with Gasteiger partial charge >= 0.3 is 0 Å². The van der Waals surface area contributed by atoms with Crippen molar-refractivity contribution in [3.8, 4) is 56.4 Å². The second-order valence-electron chi connectivity index (χ2n) is 12.1. The van der Waals surface area contributed by atoms with Crippen LogP contribution in [-0.4, -0.2) is 15.0 Å². The van der Waals surface area contributed by atoms with Crippen LogP contribution in [0.15, 0.2) is 176 Å². The molecule has 0 unspecified atom stereocenters. The number of hydrogen-bond donors (Lipinski definition) is 0. The van der Waals surface area contributed by atoms with Crippen LogP contribution in [0.5, 0.6) is 0 Å². The first-order valence-electron chi connectivity index (χ1n) is 16.2. The summed E-state index contributed by atoms with van der Waals surface area (Å²) in [6.45, 7) is 0. The minimum atomic E-state index is 0.648. The fraction of sp³-hybridized carbons (Fsp3) is 0. The molecule has 0 bridgehead atoms. The molecule has 0 aliphatic carbocycles. The van der Waals surface area contributed by atoms with Crippen LogP contribution in [0.25, 0.3) is 88.7 Å². The van der Waals surface area contributed by atoms with Crippen molar-refractivity contribution in [2.45, 2.75) is 0 Å². The van der Waals surface area contributed by atoms with E-state index in [0.29, 0.717) is 17.5 Å². The van der Waals surface area contributed by atoms with Gasteiger partial charge in [0.15, 0.2) is 17.5 Å². The van der Waals surface area contributed by atoms with Gasteiger partial charge in [-0.1, -0.05) is 152 Å². The average molecular weight is 612 g/mol. The maximum absolute atomic E-state index is 5.10. The Hall–Kier alpha value is -6.45. The third kappa shape index (κ3) is 5.18. The van der Waals surface area contributed by atoms with E-state index < -0.39 is 0 Å². The van der Waals surface area contributed by atoms with Gasteiger partial charge in [0.1, 0.15) is 0 Å². The molecule has 48 heavy (non-hydrogen) atoms. The van der Waals surface area contributed by atoms with Crippen molar-refractivity contribution in [3.63, 3.8) is 0 Å². The largest absolute Gasteiger partial charge is 0.208 e. The second kappa shape index (κ2) is 11.7. The average Bonchev–Trinajstić information content (AvgIpc) is 3.17. The summed E-state index contributed by atoms with van der Waals surface area (Å²) in [4.78, 5) is 15.2. The summed E-state index contributed by atoms with van der Waals surface area (Å²) in [6.07, 6.45) is 0. The van der Waals surface area contributed by atoms with Gasteiger partial charge in [-0.2, -0.15) is 0 Å². The lowest BCUT2D eigenvalue weighted by Crippen LogP contribution is -2.00. The van der Waals surface area contributed by atoms with Crippen LogP contribution in [0.4, 0.5) is 0 Å². The van der Waals surface area contributed by atoms with Gasteiger partial charge in [-0.05, 0) is 78.8 Å². The molecule has 0 saturated heterocycles. The maximum atomic E-state index is 5.10. The first-order chi connectivity index (χ1) is 23.7. The Morgan fingerprint density at radius 3 is 1.33 bits per heavy atom. The zero-order valence-corrected chi connectivity index (χ0v) is 26.1. The van der Waals surface area contributed by atoms with Crippen molar-refractivity contribution < 1.29 is 0 Å². The number of rotatable bonds is 5. The molecule has 1 heterocycles. The number of hydrogen-bond acceptors (Lipinski definition) is 3. The third-order valence-corrected chi connectivity index (χ3v) is 9.07. The summed E-state index contributed by atoms with van der Waals surface area (Å²) >= 11 is 0. The highest BCUT2D eigenvalue weighted by Crippen LogP contribution is 2.34. The summed E-state index contributed by atoms with van der Waals surface area (Å²) in [5, 5.41) is 6.98. The Balaban J connectivity index is 1.19. The van der Waals surface area contributed by atoms with E-state index >= 15 is 0 Å². The van der Waals surface area contributed by atoms with Gasteiger partial charge in [0.2, 0.25) is 0 Å². The van der Waals surface area contributed by atoms with Crippen molar-refractivity contribution in [2.75, 3.05) is 0 Å². The van der Waals surface area contributed by atoms with Crippen LogP contribution in [0.1, 0.15) is 0 Å². The smallest absolute Gasteiger partial charge is 0.164 e. The van der Waals surface area contributed by atoms with Crippen LogP contribution >= 0.6 is 0 Å². The van der Waals surface area contributed by atoms with Crippen molar-refractivity contribution in [2.24, 2.45) is 0 Å². The molecule has 0 N–H and O–H groups in total. The zero-order chi connectivity index (χ0) is 31.9. The van der Waals surface area contributed by atoms with Crippen LogP contribution in [0, 0.1) is 0 Å². The van der Waals surface area contributed by atoms with E-state index in [4.69, 9.17) is 15.0 Å². The predicted molar refractivity (Wildman–Crippen MR) is 200 cm³/mol. The van der Waals surface area contributed by atoms with Crippen LogP contribution in [0.3, 0.4) is 0 Å². The number of fused-ring (bicyclic) bond motifs is 3. The molecule has 0 amide bonds. The van der Waals surface area contributed by atoms with Crippen molar-refractivity contribution in [1.82, 2.24) is 15.0 Å². The van der Waals surface area contributed by atoms with E-state index in [1.165, 1.54) is 38.4 Å². The molecule has 0 saturated carbocycles. The molecule has 0 radical (unpaired) electrons. The van der Waals surface area contributed by atoms with Gasteiger partial charge in [0.05, 0.1) is 0 Å². The molecule has 0 aliphatic heterocycles. The number of nitrogens with zero attached hydrogens (tertiary/aromatic N) is 3. The Labute approximate surface area is 278 Å². The van der Waals surface area contributed by atoms with E-state index in [9.17, 15) is 0 Å². The predicted octanol–water partition coefficient (Wildman–Crippen LogP) is 11.7. The van der Waals surface area contributed by atoms with E-state index in [2.05, 4.69) is 170 Å². The van der Waals surface area contributed by atoms with Crippen LogP contribution < -0.4 is 0 Å². The highest BCUT2D eigenvalue weighted by molar-refractivity contribution is 5.98. The van der Waals surface area contributed by atoms with Crippen molar-refractivity contribution in [1.29, 1.82) is 0 Å². The molecule has 0 atom stereocenters. The highest BCUT2D eigenvalue weighted by atomic mass is 15.0. The SMILES string of the molecule is c1ccc(-c2ccc3cc(-c4nc(-c5ccc6ccccc6c5)nc(-c5ccc6c(-c7ccccc7)cccc6c5)n4)ccc3c2)cc1. The van der Waals surface area contributed by atoms with E-state index in [0.717, 1.165) is 32.8 Å². The van der Waals surface area contributed by atoms with E-state index in [1.807, 2.05) is 6.07 Å². The lowest BCUT2D eigenvalue weighted by Gasteiger charge is -2.12. The minimum absolute atomic E-state index is 0.648. The molecule has 3 nitrogen and oxygen atoms in total. The molecule has 0 fully saturated rings. The van der Waals surface area contributed by atoms with Crippen LogP contribution in [-0.2, 0) is 0 Å². The highest BCUT2D eigenvalue weighted by Gasteiger charge is 2.15. The Kier molecular flexibility index (Phi) is 6.80. The Morgan fingerprint density at radius 1 is 0.250 bits per heavy atom. The lowest BCUT2D eigenvalue weighted by atomic mass is 9.97. The summed E-state index contributed by atoms with van der Waals surface area (Å²) in [5.74, 6) is 1.95. The summed E-state index contributed by atoms with van der Waals surface area (Å²) in [6, 6.07) is 61.8.